The van der Waals surface area contributed by atoms with Crippen molar-refractivity contribution >= 4 is 28.6 Å². The largest absolute Gasteiger partial charge is 0.459 e. The molecule has 0 aliphatic heterocycles. The van der Waals surface area contributed by atoms with Crippen LogP contribution < -0.4 is 5.32 Å². The van der Waals surface area contributed by atoms with Crippen LogP contribution in [-0.4, -0.2) is 22.1 Å². The summed E-state index contributed by atoms with van der Waals surface area (Å²) in [6, 6.07) is 9.72. The van der Waals surface area contributed by atoms with E-state index in [1.807, 2.05) is 57.4 Å². The van der Waals surface area contributed by atoms with Crippen LogP contribution in [0.15, 0.2) is 39.8 Å². The first-order chi connectivity index (χ1) is 12.0. The maximum Gasteiger partial charge on any atom is 0.256 e. The zero-order valence-corrected chi connectivity index (χ0v) is 15.6. The van der Waals surface area contributed by atoms with Crippen molar-refractivity contribution in [2.24, 2.45) is 0 Å². The molecule has 3 rings (SSSR count). The minimum Gasteiger partial charge on any atom is -0.459 e. The number of nitrogens with zero attached hydrogens (tertiary/aromatic N) is 2. The van der Waals surface area contributed by atoms with E-state index in [1.165, 1.54) is 11.8 Å². The number of hydrogen-bond donors (Lipinski definition) is 1. The molecule has 0 aliphatic carbocycles. The van der Waals surface area contributed by atoms with Gasteiger partial charge >= 0.3 is 0 Å². The number of carbonyl (C=O) groups excluding carboxylic acids is 1. The van der Waals surface area contributed by atoms with Gasteiger partial charge in [-0.15, -0.1) is 11.8 Å². The molecule has 1 amide bonds. The summed E-state index contributed by atoms with van der Waals surface area (Å²) in [5.74, 6) is 1.52. The molecule has 2 aromatic heterocycles. The Labute approximate surface area is 151 Å². The Morgan fingerprint density at radius 2 is 2.04 bits per heavy atom. The molecule has 0 aliphatic rings. The molecular formula is C19H21N3O2S. The number of furan rings is 1. The summed E-state index contributed by atoms with van der Waals surface area (Å²) in [6.07, 6.45) is 1.92. The van der Waals surface area contributed by atoms with Gasteiger partial charge in [0.2, 0.25) is 0 Å². The van der Waals surface area contributed by atoms with Gasteiger partial charge in [-0.2, -0.15) is 0 Å². The van der Waals surface area contributed by atoms with E-state index in [0.717, 1.165) is 22.6 Å². The van der Waals surface area contributed by atoms with Gasteiger partial charge in [0.25, 0.3) is 5.91 Å². The maximum absolute atomic E-state index is 12.7. The highest BCUT2D eigenvalue weighted by molar-refractivity contribution is 7.98. The van der Waals surface area contributed by atoms with Gasteiger partial charge in [-0.25, -0.2) is 9.97 Å². The summed E-state index contributed by atoms with van der Waals surface area (Å²) in [6.45, 7) is 6.26. The van der Waals surface area contributed by atoms with E-state index >= 15 is 0 Å². The number of carbonyl (C=O) groups is 1. The molecule has 3 aromatic rings. The number of amides is 1. The molecule has 0 spiro atoms. The Hall–Kier alpha value is -2.34. The van der Waals surface area contributed by atoms with Crippen molar-refractivity contribution in [2.75, 3.05) is 6.26 Å². The molecule has 0 saturated carbocycles. The highest BCUT2D eigenvalue weighted by atomic mass is 32.2. The number of thioether (sulfide) groups is 1. The lowest BCUT2D eigenvalue weighted by molar-refractivity contribution is 0.0943. The first-order valence-electron chi connectivity index (χ1n) is 8.17. The van der Waals surface area contributed by atoms with Gasteiger partial charge in [0, 0.05) is 11.3 Å². The van der Waals surface area contributed by atoms with E-state index in [2.05, 4.69) is 15.3 Å². The Morgan fingerprint density at radius 1 is 1.28 bits per heavy atom. The van der Waals surface area contributed by atoms with E-state index in [4.69, 9.17) is 4.42 Å². The molecule has 0 radical (unpaired) electrons. The molecule has 1 aromatic carbocycles. The van der Waals surface area contributed by atoms with Crippen LogP contribution in [0.4, 0.5) is 0 Å². The van der Waals surface area contributed by atoms with Crippen molar-refractivity contribution in [3.8, 4) is 0 Å². The normalized spacial score (nSPS) is 11.2. The lowest BCUT2D eigenvalue weighted by Gasteiger charge is -2.13. The quantitative estimate of drug-likeness (QED) is 0.546. The lowest BCUT2D eigenvalue weighted by Crippen LogP contribution is -2.25. The van der Waals surface area contributed by atoms with E-state index in [-0.39, 0.29) is 11.8 Å². The zero-order valence-electron chi connectivity index (χ0n) is 14.8. The Morgan fingerprint density at radius 3 is 2.72 bits per heavy atom. The predicted octanol–water partition coefficient (Wildman–Crippen LogP) is 4.31. The highest BCUT2D eigenvalue weighted by Crippen LogP contribution is 2.23. The summed E-state index contributed by atoms with van der Waals surface area (Å²) in [4.78, 5) is 21.7. The Kier molecular flexibility index (Phi) is 5.08. The number of aromatic nitrogens is 2. The third kappa shape index (κ3) is 3.69. The van der Waals surface area contributed by atoms with Crippen LogP contribution in [0.2, 0.25) is 0 Å². The lowest BCUT2D eigenvalue weighted by atomic mass is 10.1. The second-order valence-electron chi connectivity index (χ2n) is 6.14. The number of hydrogen-bond acceptors (Lipinski definition) is 5. The van der Waals surface area contributed by atoms with Crippen molar-refractivity contribution in [1.29, 1.82) is 0 Å². The highest BCUT2D eigenvalue weighted by Gasteiger charge is 2.19. The van der Waals surface area contributed by atoms with Gasteiger partial charge in [-0.05, 0) is 25.3 Å². The summed E-state index contributed by atoms with van der Waals surface area (Å²) in [5.41, 5.74) is 2.05. The van der Waals surface area contributed by atoms with Crippen LogP contribution in [-0.2, 0) is 6.54 Å². The molecule has 25 heavy (non-hydrogen) atoms. The first-order valence-corrected chi connectivity index (χ1v) is 9.40. The fraction of sp³-hybridized carbons (Fsp3) is 0.316. The van der Waals surface area contributed by atoms with Crippen LogP contribution in [0.1, 0.15) is 47.4 Å². The molecular weight excluding hydrogens is 334 g/mol. The number of fused-ring (bicyclic) bond motifs is 1. The van der Waals surface area contributed by atoms with Gasteiger partial charge in [-0.3, -0.25) is 4.79 Å². The smallest absolute Gasteiger partial charge is 0.256 e. The Balaban J connectivity index is 1.80. The fourth-order valence-corrected chi connectivity index (χ4v) is 3.24. The van der Waals surface area contributed by atoms with Crippen molar-refractivity contribution in [3.05, 3.63) is 53.2 Å². The number of para-hydroxylation sites is 1. The van der Waals surface area contributed by atoms with Crippen LogP contribution in [0.3, 0.4) is 0 Å². The third-order valence-electron chi connectivity index (χ3n) is 3.91. The van der Waals surface area contributed by atoms with Crippen LogP contribution in [0.5, 0.6) is 0 Å². The molecule has 1 N–H and O–H groups in total. The first kappa shape index (κ1) is 17.5. The number of nitrogens with one attached hydrogen (secondary N) is 1. The Bertz CT molecular complexity index is 885. The SMILES string of the molecule is CSc1nc(C(C)C)nc(C)c1C(=O)NCc1cc2ccccc2o1. The summed E-state index contributed by atoms with van der Waals surface area (Å²) in [5, 5.41) is 4.65. The van der Waals surface area contributed by atoms with Gasteiger partial charge in [0.1, 0.15) is 22.2 Å². The molecule has 2 heterocycles. The van der Waals surface area contributed by atoms with Crippen molar-refractivity contribution < 1.29 is 9.21 Å². The molecule has 0 bridgehead atoms. The predicted molar refractivity (Wildman–Crippen MR) is 100 cm³/mol. The van der Waals surface area contributed by atoms with E-state index < -0.39 is 0 Å². The summed E-state index contributed by atoms with van der Waals surface area (Å²) < 4.78 is 5.74. The molecule has 0 saturated heterocycles. The second-order valence-corrected chi connectivity index (χ2v) is 6.93. The zero-order chi connectivity index (χ0) is 18.0. The second kappa shape index (κ2) is 7.27. The van der Waals surface area contributed by atoms with Crippen molar-refractivity contribution in [3.63, 3.8) is 0 Å². The molecule has 5 nitrogen and oxygen atoms in total. The average Bonchev–Trinajstić information content (AvgIpc) is 3.01. The molecule has 0 unspecified atom stereocenters. The average molecular weight is 355 g/mol. The minimum atomic E-state index is -0.183. The van der Waals surface area contributed by atoms with E-state index in [9.17, 15) is 4.79 Å². The van der Waals surface area contributed by atoms with Gasteiger partial charge < -0.3 is 9.73 Å². The standard InChI is InChI=1S/C19H21N3O2S/c1-11(2)17-21-12(3)16(19(22-17)25-4)18(23)20-10-14-9-13-7-5-6-8-15(13)24-14/h5-9,11H,10H2,1-4H3,(H,20,23). The van der Waals surface area contributed by atoms with Crippen LogP contribution in [0.25, 0.3) is 11.0 Å². The molecule has 0 atom stereocenters. The molecule has 6 heteroatoms. The number of rotatable bonds is 5. The van der Waals surface area contributed by atoms with Crippen LogP contribution in [0, 0.1) is 6.92 Å². The van der Waals surface area contributed by atoms with Gasteiger partial charge in [0.05, 0.1) is 17.8 Å². The third-order valence-corrected chi connectivity index (χ3v) is 4.59. The van der Waals surface area contributed by atoms with E-state index in [1.54, 1.807) is 0 Å². The fourth-order valence-electron chi connectivity index (χ4n) is 2.61. The van der Waals surface area contributed by atoms with Crippen LogP contribution >= 0.6 is 11.8 Å². The van der Waals surface area contributed by atoms with Crippen molar-refractivity contribution in [1.82, 2.24) is 15.3 Å². The van der Waals surface area contributed by atoms with Gasteiger partial charge in [0.15, 0.2) is 0 Å². The molecule has 130 valence electrons. The topological polar surface area (TPSA) is 68.0 Å². The summed E-state index contributed by atoms with van der Waals surface area (Å²) >= 11 is 1.46. The molecule has 0 fully saturated rings. The summed E-state index contributed by atoms with van der Waals surface area (Å²) in [7, 11) is 0. The monoisotopic (exact) mass is 355 g/mol. The number of benzene rings is 1. The van der Waals surface area contributed by atoms with Crippen molar-refractivity contribution in [2.45, 2.75) is 38.3 Å². The number of aryl methyl sites for hydroxylation is 1. The maximum atomic E-state index is 12.7. The van der Waals surface area contributed by atoms with E-state index in [0.29, 0.717) is 22.8 Å². The van der Waals surface area contributed by atoms with Gasteiger partial charge in [-0.1, -0.05) is 32.0 Å². The minimum absolute atomic E-state index is 0.183.